The Bertz CT molecular complexity index is 290. The molecule has 0 amide bonds. The third kappa shape index (κ3) is 3.84. The van der Waals surface area contributed by atoms with Crippen molar-refractivity contribution in [3.05, 3.63) is 12.2 Å². The lowest BCUT2D eigenvalue weighted by Crippen LogP contribution is -2.06. The van der Waals surface area contributed by atoms with Crippen molar-refractivity contribution < 1.29 is 4.74 Å². The van der Waals surface area contributed by atoms with Gasteiger partial charge >= 0.3 is 0 Å². The fourth-order valence-electron chi connectivity index (χ4n) is 4.41. The van der Waals surface area contributed by atoms with E-state index in [9.17, 15) is 0 Å². The molecule has 108 valence electrons. The zero-order chi connectivity index (χ0) is 12.9. The Morgan fingerprint density at radius 2 is 1.74 bits per heavy atom. The first-order valence-electron chi connectivity index (χ1n) is 8.72. The second-order valence-corrected chi connectivity index (χ2v) is 7.02. The average molecular weight is 262 g/mol. The van der Waals surface area contributed by atoms with Gasteiger partial charge in [-0.2, -0.15) is 0 Å². The van der Waals surface area contributed by atoms with Gasteiger partial charge in [0.25, 0.3) is 0 Å². The van der Waals surface area contributed by atoms with Gasteiger partial charge in [0.15, 0.2) is 0 Å². The zero-order valence-electron chi connectivity index (χ0n) is 12.4. The number of unbranched alkanes of at least 4 members (excludes halogenated alkanes) is 4. The van der Waals surface area contributed by atoms with Crippen LogP contribution in [0.5, 0.6) is 0 Å². The van der Waals surface area contributed by atoms with Gasteiger partial charge in [-0.05, 0) is 56.3 Å². The smallest absolute Gasteiger partial charge is 0.0576 e. The van der Waals surface area contributed by atoms with E-state index in [1.54, 1.807) is 0 Å². The second kappa shape index (κ2) is 6.92. The van der Waals surface area contributed by atoms with Crippen LogP contribution >= 0.6 is 0 Å². The molecule has 2 fully saturated rings. The van der Waals surface area contributed by atoms with Crippen molar-refractivity contribution in [3.63, 3.8) is 0 Å². The van der Waals surface area contributed by atoms with Gasteiger partial charge in [0.05, 0.1) is 6.10 Å². The Hall–Kier alpha value is -0.300. The summed E-state index contributed by atoms with van der Waals surface area (Å²) in [7, 11) is 0. The van der Waals surface area contributed by atoms with Gasteiger partial charge in [-0.15, -0.1) is 0 Å². The van der Waals surface area contributed by atoms with E-state index < -0.39 is 0 Å². The maximum atomic E-state index is 5.67. The standard InChI is InChI=1S/C18H30O/c1(3-5-8-18-9-6-12-19-18)2-4-7-16-13-15-10-11-17(16)14-15/h10-11,15-18H,1-9,12-14H2. The molecule has 0 aromatic carbocycles. The molecule has 4 atom stereocenters. The minimum Gasteiger partial charge on any atom is -0.378 e. The maximum absolute atomic E-state index is 5.67. The summed E-state index contributed by atoms with van der Waals surface area (Å²) >= 11 is 0. The number of ether oxygens (including phenoxy) is 1. The molecule has 1 saturated heterocycles. The van der Waals surface area contributed by atoms with Crippen molar-refractivity contribution in [2.24, 2.45) is 17.8 Å². The summed E-state index contributed by atoms with van der Waals surface area (Å²) in [5.74, 6) is 2.97. The summed E-state index contributed by atoms with van der Waals surface area (Å²) in [6.07, 6.45) is 21.2. The molecule has 1 nitrogen and oxygen atoms in total. The average Bonchev–Trinajstić information content (AvgIpc) is 3.15. The van der Waals surface area contributed by atoms with Crippen molar-refractivity contribution in [3.8, 4) is 0 Å². The van der Waals surface area contributed by atoms with Crippen molar-refractivity contribution in [1.82, 2.24) is 0 Å². The second-order valence-electron chi connectivity index (χ2n) is 7.02. The fourth-order valence-corrected chi connectivity index (χ4v) is 4.41. The van der Waals surface area contributed by atoms with Gasteiger partial charge in [-0.3, -0.25) is 0 Å². The molecule has 2 bridgehead atoms. The normalized spacial score (nSPS) is 36.4. The highest BCUT2D eigenvalue weighted by Crippen LogP contribution is 2.45. The first-order chi connectivity index (χ1) is 9.42. The van der Waals surface area contributed by atoms with Crippen molar-refractivity contribution >= 4 is 0 Å². The van der Waals surface area contributed by atoms with E-state index in [2.05, 4.69) is 12.2 Å². The number of rotatable bonds is 8. The topological polar surface area (TPSA) is 9.23 Å². The summed E-state index contributed by atoms with van der Waals surface area (Å²) in [6, 6.07) is 0. The van der Waals surface area contributed by atoms with Crippen LogP contribution in [0, 0.1) is 17.8 Å². The van der Waals surface area contributed by atoms with Crippen LogP contribution in [0.1, 0.15) is 70.6 Å². The Kier molecular flexibility index (Phi) is 4.98. The molecule has 1 heterocycles. The molecule has 1 saturated carbocycles. The molecule has 0 radical (unpaired) electrons. The molecular weight excluding hydrogens is 232 g/mol. The minimum atomic E-state index is 0.612. The molecule has 19 heavy (non-hydrogen) atoms. The number of fused-ring (bicyclic) bond motifs is 2. The van der Waals surface area contributed by atoms with Gasteiger partial charge in [-0.1, -0.05) is 44.3 Å². The van der Waals surface area contributed by atoms with Crippen LogP contribution in [0.15, 0.2) is 12.2 Å². The van der Waals surface area contributed by atoms with Gasteiger partial charge in [0.1, 0.15) is 0 Å². The third-order valence-electron chi connectivity index (χ3n) is 5.54. The summed E-state index contributed by atoms with van der Waals surface area (Å²) in [5, 5.41) is 0. The van der Waals surface area contributed by atoms with E-state index in [0.717, 1.165) is 24.4 Å². The van der Waals surface area contributed by atoms with Gasteiger partial charge in [0, 0.05) is 6.61 Å². The van der Waals surface area contributed by atoms with Crippen LogP contribution < -0.4 is 0 Å². The molecule has 0 spiro atoms. The van der Waals surface area contributed by atoms with Crippen LogP contribution in [0.4, 0.5) is 0 Å². The van der Waals surface area contributed by atoms with Gasteiger partial charge < -0.3 is 4.74 Å². The summed E-state index contributed by atoms with van der Waals surface area (Å²) in [6.45, 7) is 1.02. The van der Waals surface area contributed by atoms with Crippen LogP contribution in [0.2, 0.25) is 0 Å². The summed E-state index contributed by atoms with van der Waals surface area (Å²) in [4.78, 5) is 0. The van der Waals surface area contributed by atoms with E-state index in [1.165, 1.54) is 70.6 Å². The first-order valence-corrected chi connectivity index (χ1v) is 8.72. The first kappa shape index (κ1) is 13.7. The third-order valence-corrected chi connectivity index (χ3v) is 5.54. The monoisotopic (exact) mass is 262 g/mol. The molecule has 0 N–H and O–H groups in total. The number of hydrogen-bond acceptors (Lipinski definition) is 1. The highest BCUT2D eigenvalue weighted by molar-refractivity contribution is 5.09. The molecule has 1 aliphatic heterocycles. The van der Waals surface area contributed by atoms with Crippen molar-refractivity contribution in [2.75, 3.05) is 6.61 Å². The van der Waals surface area contributed by atoms with Gasteiger partial charge in [-0.25, -0.2) is 0 Å². The molecule has 3 aliphatic rings. The van der Waals surface area contributed by atoms with Crippen LogP contribution in [-0.2, 0) is 4.74 Å². The summed E-state index contributed by atoms with van der Waals surface area (Å²) in [5.41, 5.74) is 0. The Morgan fingerprint density at radius 1 is 0.895 bits per heavy atom. The number of hydrogen-bond donors (Lipinski definition) is 0. The lowest BCUT2D eigenvalue weighted by molar-refractivity contribution is 0.102. The number of allylic oxidation sites excluding steroid dienone is 2. The van der Waals surface area contributed by atoms with Gasteiger partial charge in [0.2, 0.25) is 0 Å². The molecule has 3 rings (SSSR count). The van der Waals surface area contributed by atoms with E-state index in [0.29, 0.717) is 6.10 Å². The molecule has 1 heteroatoms. The predicted molar refractivity (Wildman–Crippen MR) is 80.1 cm³/mol. The molecule has 2 aliphatic carbocycles. The molecule has 4 unspecified atom stereocenters. The largest absolute Gasteiger partial charge is 0.378 e. The van der Waals surface area contributed by atoms with E-state index in [1.807, 2.05) is 0 Å². The highest BCUT2D eigenvalue weighted by atomic mass is 16.5. The zero-order valence-corrected chi connectivity index (χ0v) is 12.4. The van der Waals surface area contributed by atoms with Crippen LogP contribution in [0.3, 0.4) is 0 Å². The minimum absolute atomic E-state index is 0.612. The highest BCUT2D eigenvalue weighted by Gasteiger charge is 2.34. The van der Waals surface area contributed by atoms with Crippen LogP contribution in [0.25, 0.3) is 0 Å². The van der Waals surface area contributed by atoms with Crippen molar-refractivity contribution in [2.45, 2.75) is 76.7 Å². The van der Waals surface area contributed by atoms with E-state index in [4.69, 9.17) is 4.74 Å². The molecular formula is C18H30O. The fraction of sp³-hybridized carbons (Fsp3) is 0.889. The van der Waals surface area contributed by atoms with E-state index >= 15 is 0 Å². The maximum Gasteiger partial charge on any atom is 0.0576 e. The predicted octanol–water partition coefficient (Wildman–Crippen LogP) is 5.11. The van der Waals surface area contributed by atoms with Crippen LogP contribution in [-0.4, -0.2) is 12.7 Å². The summed E-state index contributed by atoms with van der Waals surface area (Å²) < 4.78 is 5.67. The lowest BCUT2D eigenvalue weighted by atomic mass is 9.88. The Balaban J connectivity index is 1.16. The van der Waals surface area contributed by atoms with Crippen molar-refractivity contribution in [1.29, 1.82) is 0 Å². The quantitative estimate of drug-likeness (QED) is 0.436. The Labute approximate surface area is 118 Å². The lowest BCUT2D eigenvalue weighted by Gasteiger charge is -2.17. The van der Waals surface area contributed by atoms with E-state index in [-0.39, 0.29) is 0 Å². The molecule has 0 aromatic heterocycles. The molecule has 0 aromatic rings. The Morgan fingerprint density at radius 3 is 2.42 bits per heavy atom. The SMILES string of the molecule is C1=CC2CC1CC2CCCCCCCC1CCCO1.